The molecule has 1 rings (SSSR count). The summed E-state index contributed by atoms with van der Waals surface area (Å²) in [5.41, 5.74) is 2.59. The van der Waals surface area contributed by atoms with Gasteiger partial charge in [-0.15, -0.1) is 0 Å². The summed E-state index contributed by atoms with van der Waals surface area (Å²) in [7, 11) is 0. The number of nitrogens with zero attached hydrogens (tertiary/aromatic N) is 1. The van der Waals surface area contributed by atoms with Gasteiger partial charge in [-0.3, -0.25) is 4.79 Å². The van der Waals surface area contributed by atoms with Gasteiger partial charge in [-0.25, -0.2) is 0 Å². The van der Waals surface area contributed by atoms with Crippen LogP contribution in [0.5, 0.6) is 5.75 Å². The average molecular weight is 279 g/mol. The molecule has 1 amide bonds. The molecule has 0 aliphatic carbocycles. The predicted octanol–water partition coefficient (Wildman–Crippen LogP) is 2.82. The highest BCUT2D eigenvalue weighted by molar-refractivity contribution is 5.93. The van der Waals surface area contributed by atoms with Crippen LogP contribution >= 0.6 is 0 Å². The minimum Gasteiger partial charge on any atom is -0.508 e. The largest absolute Gasteiger partial charge is 0.508 e. The number of phenolic OH excluding ortho intramolecular Hbond substituents is 1. The van der Waals surface area contributed by atoms with Crippen molar-refractivity contribution in [1.82, 2.24) is 0 Å². The molecule has 0 saturated carbocycles. The first-order valence-electron chi connectivity index (χ1n) is 7.32. The molecule has 112 valence electrons. The lowest BCUT2D eigenvalue weighted by atomic mass is 10.1. The number of likely N-dealkylation sites (N-methyl/N-ethyl adjacent to an activating group) is 1. The van der Waals surface area contributed by atoms with Crippen LogP contribution in [-0.4, -0.2) is 41.7 Å². The Morgan fingerprint density at radius 1 is 1.10 bits per heavy atom. The number of phenols is 1. The molecular formula is C16H27N2O2+. The number of anilines is 1. The van der Waals surface area contributed by atoms with Gasteiger partial charge in [0, 0.05) is 5.69 Å². The van der Waals surface area contributed by atoms with Gasteiger partial charge in [0.15, 0.2) is 6.54 Å². The van der Waals surface area contributed by atoms with Crippen molar-refractivity contribution in [3.05, 3.63) is 23.3 Å². The van der Waals surface area contributed by atoms with Crippen molar-refractivity contribution in [3.63, 3.8) is 0 Å². The normalized spacial score (nSPS) is 11.4. The molecular weight excluding hydrogens is 252 g/mol. The van der Waals surface area contributed by atoms with Gasteiger partial charge >= 0.3 is 0 Å². The molecule has 2 N–H and O–H groups in total. The van der Waals surface area contributed by atoms with E-state index in [9.17, 15) is 9.90 Å². The van der Waals surface area contributed by atoms with E-state index in [1.54, 1.807) is 12.1 Å². The molecule has 4 nitrogen and oxygen atoms in total. The Hall–Kier alpha value is -1.55. The summed E-state index contributed by atoms with van der Waals surface area (Å²) < 4.78 is 0.794. The standard InChI is InChI=1S/C16H26N2O2/c1-6-18(7-2,8-3)11-15(20)17-16-12(4)9-14(19)10-13(16)5/h9-10H,6-8,11H2,1-5H3,(H-,17,19,20)/p+1. The molecule has 0 unspecified atom stereocenters. The number of aryl methyl sites for hydroxylation is 2. The van der Waals surface area contributed by atoms with Crippen LogP contribution in [0.4, 0.5) is 5.69 Å². The number of hydrogen-bond donors (Lipinski definition) is 2. The topological polar surface area (TPSA) is 49.3 Å². The number of carbonyl (C=O) groups is 1. The van der Waals surface area contributed by atoms with Gasteiger partial charge in [-0.1, -0.05) is 0 Å². The maximum Gasteiger partial charge on any atom is 0.279 e. The van der Waals surface area contributed by atoms with Gasteiger partial charge in [0.1, 0.15) is 5.75 Å². The zero-order valence-corrected chi connectivity index (χ0v) is 13.3. The molecule has 0 spiro atoms. The number of amides is 1. The second-order valence-electron chi connectivity index (χ2n) is 5.45. The van der Waals surface area contributed by atoms with Crippen molar-refractivity contribution in [2.45, 2.75) is 34.6 Å². The average Bonchev–Trinajstić information content (AvgIpc) is 2.40. The first kappa shape index (κ1) is 16.5. The Labute approximate surface area is 122 Å². The van der Waals surface area contributed by atoms with Gasteiger partial charge in [0.2, 0.25) is 0 Å². The first-order chi connectivity index (χ1) is 9.37. The number of rotatable bonds is 6. The Kier molecular flexibility index (Phi) is 5.57. The van der Waals surface area contributed by atoms with Gasteiger partial charge in [0.05, 0.1) is 19.6 Å². The molecule has 0 bridgehead atoms. The number of nitrogens with one attached hydrogen (secondary N) is 1. The fourth-order valence-corrected chi connectivity index (χ4v) is 2.63. The van der Waals surface area contributed by atoms with Crippen LogP contribution in [0.15, 0.2) is 12.1 Å². The van der Waals surface area contributed by atoms with Crippen molar-refractivity contribution in [1.29, 1.82) is 0 Å². The maximum absolute atomic E-state index is 12.3. The summed E-state index contributed by atoms with van der Waals surface area (Å²) in [5.74, 6) is 0.270. The van der Waals surface area contributed by atoms with Gasteiger partial charge < -0.3 is 14.9 Å². The highest BCUT2D eigenvalue weighted by atomic mass is 16.3. The quantitative estimate of drug-likeness (QED) is 0.621. The Balaban J connectivity index is 2.87. The molecule has 0 atom stereocenters. The van der Waals surface area contributed by atoms with Crippen molar-refractivity contribution >= 4 is 11.6 Å². The van der Waals surface area contributed by atoms with Gasteiger partial charge in [-0.05, 0) is 57.9 Å². The number of hydrogen-bond acceptors (Lipinski definition) is 2. The van der Waals surface area contributed by atoms with Crippen LogP contribution in [0.1, 0.15) is 31.9 Å². The van der Waals surface area contributed by atoms with Gasteiger partial charge in [0.25, 0.3) is 5.91 Å². The van der Waals surface area contributed by atoms with E-state index in [0.717, 1.165) is 40.9 Å². The summed E-state index contributed by atoms with van der Waals surface area (Å²) in [4.78, 5) is 12.3. The SMILES string of the molecule is CC[N+](CC)(CC)CC(=O)Nc1c(C)cc(O)cc1C. The summed E-state index contributed by atoms with van der Waals surface area (Å²) in [6.45, 7) is 13.5. The zero-order chi connectivity index (χ0) is 15.3. The molecule has 0 fully saturated rings. The maximum atomic E-state index is 12.3. The lowest BCUT2D eigenvalue weighted by Crippen LogP contribution is -2.52. The van der Waals surface area contributed by atoms with Crippen molar-refractivity contribution in [2.24, 2.45) is 0 Å². The third-order valence-corrected chi connectivity index (χ3v) is 4.27. The molecule has 0 heterocycles. The van der Waals surface area contributed by atoms with E-state index in [1.165, 1.54) is 0 Å². The molecule has 4 heteroatoms. The summed E-state index contributed by atoms with van der Waals surface area (Å²) in [6, 6.07) is 3.34. The van der Waals surface area contributed by atoms with Crippen LogP contribution in [-0.2, 0) is 4.79 Å². The second-order valence-corrected chi connectivity index (χ2v) is 5.45. The van der Waals surface area contributed by atoms with E-state index in [1.807, 2.05) is 13.8 Å². The van der Waals surface area contributed by atoms with Gasteiger partial charge in [-0.2, -0.15) is 0 Å². The third kappa shape index (κ3) is 3.73. The number of benzene rings is 1. The van der Waals surface area contributed by atoms with E-state index < -0.39 is 0 Å². The molecule has 0 aromatic heterocycles. The predicted molar refractivity (Wildman–Crippen MR) is 83.0 cm³/mol. The minimum absolute atomic E-state index is 0.0347. The van der Waals surface area contributed by atoms with E-state index in [4.69, 9.17) is 0 Å². The van der Waals surface area contributed by atoms with Crippen LogP contribution in [0, 0.1) is 13.8 Å². The van der Waals surface area contributed by atoms with E-state index in [2.05, 4.69) is 26.1 Å². The molecule has 0 aliphatic rings. The number of aromatic hydroxyl groups is 1. The lowest BCUT2D eigenvalue weighted by molar-refractivity contribution is -0.915. The fraction of sp³-hybridized carbons (Fsp3) is 0.562. The molecule has 0 radical (unpaired) electrons. The Morgan fingerprint density at radius 2 is 1.55 bits per heavy atom. The van der Waals surface area contributed by atoms with Crippen LogP contribution in [0.3, 0.4) is 0 Å². The zero-order valence-electron chi connectivity index (χ0n) is 13.3. The highest BCUT2D eigenvalue weighted by Crippen LogP contribution is 2.25. The molecule has 1 aromatic carbocycles. The highest BCUT2D eigenvalue weighted by Gasteiger charge is 2.25. The third-order valence-electron chi connectivity index (χ3n) is 4.27. The van der Waals surface area contributed by atoms with E-state index in [-0.39, 0.29) is 11.7 Å². The number of quaternary nitrogens is 1. The van der Waals surface area contributed by atoms with Crippen LogP contribution < -0.4 is 5.32 Å². The Morgan fingerprint density at radius 3 is 1.95 bits per heavy atom. The first-order valence-corrected chi connectivity index (χ1v) is 7.32. The van der Waals surface area contributed by atoms with Crippen LogP contribution in [0.2, 0.25) is 0 Å². The molecule has 0 aliphatic heterocycles. The van der Waals surface area contributed by atoms with Crippen molar-refractivity contribution in [3.8, 4) is 5.75 Å². The summed E-state index contributed by atoms with van der Waals surface area (Å²) >= 11 is 0. The summed E-state index contributed by atoms with van der Waals surface area (Å²) in [6.07, 6.45) is 0. The Bertz CT molecular complexity index is 448. The van der Waals surface area contributed by atoms with Crippen molar-refractivity contribution < 1.29 is 14.4 Å². The summed E-state index contributed by atoms with van der Waals surface area (Å²) in [5, 5.41) is 12.5. The van der Waals surface area contributed by atoms with Crippen molar-refractivity contribution in [2.75, 3.05) is 31.5 Å². The molecule has 0 saturated heterocycles. The monoisotopic (exact) mass is 279 g/mol. The molecule has 20 heavy (non-hydrogen) atoms. The van der Waals surface area contributed by atoms with E-state index in [0.29, 0.717) is 6.54 Å². The number of carbonyl (C=O) groups excluding carboxylic acids is 1. The smallest absolute Gasteiger partial charge is 0.279 e. The minimum atomic E-state index is 0.0347. The van der Waals surface area contributed by atoms with Crippen LogP contribution in [0.25, 0.3) is 0 Å². The second kappa shape index (κ2) is 6.75. The van der Waals surface area contributed by atoms with E-state index >= 15 is 0 Å². The fourth-order valence-electron chi connectivity index (χ4n) is 2.63. The lowest BCUT2D eigenvalue weighted by Gasteiger charge is -2.35. The molecule has 1 aromatic rings.